The van der Waals surface area contributed by atoms with Crippen LogP contribution in [0, 0.1) is 0 Å². The number of carbonyl (C=O) groups excluding carboxylic acids is 1. The maximum Gasteiger partial charge on any atom is 0.267 e. The van der Waals surface area contributed by atoms with Crippen molar-refractivity contribution in [1.82, 2.24) is 10.4 Å². The fraction of sp³-hybridized carbons (Fsp3) is 0.833. The molecular formula is C6H12Cl2N2O. The Labute approximate surface area is 76.6 Å². The van der Waals surface area contributed by atoms with E-state index in [4.69, 9.17) is 23.2 Å². The molecule has 11 heavy (non-hydrogen) atoms. The summed E-state index contributed by atoms with van der Waals surface area (Å²) >= 11 is 10.6. The van der Waals surface area contributed by atoms with Crippen LogP contribution in [0.25, 0.3) is 0 Å². The number of hydrogen-bond donors (Lipinski definition) is 1. The third-order valence-corrected chi connectivity index (χ3v) is 1.63. The Morgan fingerprint density at radius 2 is 1.91 bits per heavy atom. The number of nitrogens with one attached hydrogen (secondary N) is 1. The Kier molecular flexibility index (Phi) is 5.64. The minimum Gasteiger partial charge on any atom is -0.287 e. The van der Waals surface area contributed by atoms with Crippen LogP contribution in [0.2, 0.25) is 0 Å². The van der Waals surface area contributed by atoms with Gasteiger partial charge in [0.25, 0.3) is 5.91 Å². The lowest BCUT2D eigenvalue weighted by Crippen LogP contribution is -2.44. The summed E-state index contributed by atoms with van der Waals surface area (Å²) in [5.41, 5.74) is 2.55. The van der Waals surface area contributed by atoms with E-state index >= 15 is 0 Å². The van der Waals surface area contributed by atoms with Gasteiger partial charge >= 0.3 is 0 Å². The highest BCUT2D eigenvalue weighted by Crippen LogP contribution is 2.00. The van der Waals surface area contributed by atoms with Crippen molar-refractivity contribution in [3.05, 3.63) is 0 Å². The molecule has 0 heterocycles. The first kappa shape index (κ1) is 11.0. The van der Waals surface area contributed by atoms with Crippen molar-refractivity contribution in [3.63, 3.8) is 0 Å². The molecule has 66 valence electrons. The van der Waals surface area contributed by atoms with Gasteiger partial charge in [0, 0.05) is 13.1 Å². The quantitative estimate of drug-likeness (QED) is 0.544. The highest BCUT2D eigenvalue weighted by atomic mass is 35.5. The summed E-state index contributed by atoms with van der Waals surface area (Å²) in [5, 5.41) is 1.72. The van der Waals surface area contributed by atoms with Gasteiger partial charge < -0.3 is 0 Å². The fourth-order valence-electron chi connectivity index (χ4n) is 0.586. The third kappa shape index (κ3) is 4.45. The summed E-state index contributed by atoms with van der Waals surface area (Å²) in [6, 6.07) is 0. The van der Waals surface area contributed by atoms with E-state index in [2.05, 4.69) is 5.43 Å². The molecule has 0 fully saturated rings. The molecule has 0 aliphatic rings. The lowest BCUT2D eigenvalue weighted by Gasteiger charge is -2.19. The molecule has 0 spiro atoms. The van der Waals surface area contributed by atoms with Crippen LogP contribution in [0.5, 0.6) is 0 Å². The van der Waals surface area contributed by atoms with Crippen molar-refractivity contribution >= 4 is 29.1 Å². The Balaban J connectivity index is 3.72. The highest BCUT2D eigenvalue weighted by Gasteiger charge is 2.12. The van der Waals surface area contributed by atoms with Crippen molar-refractivity contribution in [2.45, 2.75) is 18.7 Å². The van der Waals surface area contributed by atoms with Gasteiger partial charge in [0.2, 0.25) is 0 Å². The Hall–Kier alpha value is 0.01000. The molecule has 0 aromatic carbocycles. The maximum absolute atomic E-state index is 10.9. The molecule has 0 aromatic heterocycles. The number of halogens is 2. The number of rotatable bonds is 4. The third-order valence-electron chi connectivity index (χ3n) is 1.23. The normalized spacial score (nSPS) is 10.7. The Morgan fingerprint density at radius 3 is 2.18 bits per heavy atom. The Bertz CT molecular complexity index is 126. The van der Waals surface area contributed by atoms with E-state index in [1.165, 1.54) is 0 Å². The lowest BCUT2D eigenvalue weighted by atomic mass is 10.6. The minimum atomic E-state index is -0.990. The summed E-state index contributed by atoms with van der Waals surface area (Å²) in [5.74, 6) is -0.378. The van der Waals surface area contributed by atoms with E-state index in [9.17, 15) is 4.79 Å². The maximum atomic E-state index is 10.9. The predicted molar refractivity (Wildman–Crippen MR) is 46.6 cm³/mol. The van der Waals surface area contributed by atoms with Gasteiger partial charge in [0.15, 0.2) is 4.84 Å². The largest absolute Gasteiger partial charge is 0.287 e. The second kappa shape index (κ2) is 5.63. The molecule has 0 unspecified atom stereocenters. The zero-order valence-corrected chi connectivity index (χ0v) is 8.11. The second-order valence-corrected chi connectivity index (χ2v) is 3.05. The topological polar surface area (TPSA) is 32.3 Å². The van der Waals surface area contributed by atoms with Crippen LogP contribution in [0.4, 0.5) is 0 Å². The SMILES string of the molecule is CCN(CC)NC(=O)C(Cl)Cl. The van der Waals surface area contributed by atoms with Crippen LogP contribution in [-0.4, -0.2) is 28.8 Å². The van der Waals surface area contributed by atoms with Crippen LogP contribution in [0.3, 0.4) is 0 Å². The zero-order chi connectivity index (χ0) is 8.85. The molecular weight excluding hydrogens is 187 g/mol. The molecule has 0 saturated carbocycles. The number of alkyl halides is 2. The molecule has 0 rings (SSSR count). The molecule has 5 heteroatoms. The standard InChI is InChI=1S/C6H12Cl2N2O/c1-3-10(4-2)9-6(11)5(7)8/h5H,3-4H2,1-2H3,(H,9,11). The Morgan fingerprint density at radius 1 is 1.45 bits per heavy atom. The number of hydrogen-bond acceptors (Lipinski definition) is 2. The van der Waals surface area contributed by atoms with Crippen molar-refractivity contribution in [1.29, 1.82) is 0 Å². The predicted octanol–water partition coefficient (Wildman–Crippen LogP) is 1.16. The van der Waals surface area contributed by atoms with Gasteiger partial charge in [-0.15, -0.1) is 0 Å². The van der Waals surface area contributed by atoms with Crippen LogP contribution in [0.1, 0.15) is 13.8 Å². The van der Waals surface area contributed by atoms with Crippen molar-refractivity contribution in [2.75, 3.05) is 13.1 Å². The van der Waals surface area contributed by atoms with Gasteiger partial charge in [-0.25, -0.2) is 5.01 Å². The molecule has 0 aliphatic carbocycles. The van der Waals surface area contributed by atoms with Gasteiger partial charge in [-0.1, -0.05) is 37.0 Å². The van der Waals surface area contributed by atoms with E-state index < -0.39 is 4.84 Å². The van der Waals surface area contributed by atoms with Crippen LogP contribution < -0.4 is 5.43 Å². The van der Waals surface area contributed by atoms with Crippen molar-refractivity contribution < 1.29 is 4.79 Å². The summed E-state index contributed by atoms with van der Waals surface area (Å²) in [6.45, 7) is 5.34. The van der Waals surface area contributed by atoms with Gasteiger partial charge in [-0.2, -0.15) is 0 Å². The van der Waals surface area contributed by atoms with E-state index in [0.717, 1.165) is 13.1 Å². The number of hydrazine groups is 1. The van der Waals surface area contributed by atoms with E-state index in [0.29, 0.717) is 0 Å². The number of carbonyl (C=O) groups is 1. The zero-order valence-electron chi connectivity index (χ0n) is 6.60. The van der Waals surface area contributed by atoms with Gasteiger partial charge in [-0.3, -0.25) is 10.2 Å². The van der Waals surface area contributed by atoms with Gasteiger partial charge in [-0.05, 0) is 0 Å². The molecule has 1 amide bonds. The molecule has 0 aromatic rings. The number of nitrogens with zero attached hydrogens (tertiary/aromatic N) is 1. The minimum absolute atomic E-state index is 0.378. The molecule has 0 radical (unpaired) electrons. The molecule has 0 saturated heterocycles. The van der Waals surface area contributed by atoms with Crippen LogP contribution in [0.15, 0.2) is 0 Å². The fourth-order valence-corrected chi connectivity index (χ4v) is 0.684. The molecule has 0 aliphatic heterocycles. The summed E-state index contributed by atoms with van der Waals surface area (Å²) in [7, 11) is 0. The van der Waals surface area contributed by atoms with Crippen molar-refractivity contribution in [2.24, 2.45) is 0 Å². The second-order valence-electron chi connectivity index (χ2n) is 1.95. The summed E-state index contributed by atoms with van der Waals surface area (Å²) < 4.78 is 0. The van der Waals surface area contributed by atoms with Gasteiger partial charge in [0.1, 0.15) is 0 Å². The average molecular weight is 199 g/mol. The van der Waals surface area contributed by atoms with E-state index in [1.807, 2.05) is 13.8 Å². The number of amides is 1. The van der Waals surface area contributed by atoms with E-state index in [1.54, 1.807) is 5.01 Å². The van der Waals surface area contributed by atoms with Crippen LogP contribution >= 0.6 is 23.2 Å². The molecule has 0 bridgehead atoms. The lowest BCUT2D eigenvalue weighted by molar-refractivity contribution is -0.124. The first-order valence-corrected chi connectivity index (χ1v) is 4.32. The molecule has 0 atom stereocenters. The first-order valence-electron chi connectivity index (χ1n) is 3.45. The van der Waals surface area contributed by atoms with E-state index in [-0.39, 0.29) is 5.91 Å². The smallest absolute Gasteiger partial charge is 0.267 e. The van der Waals surface area contributed by atoms with Crippen molar-refractivity contribution in [3.8, 4) is 0 Å². The van der Waals surface area contributed by atoms with Gasteiger partial charge in [0.05, 0.1) is 0 Å². The molecule has 3 nitrogen and oxygen atoms in total. The highest BCUT2D eigenvalue weighted by molar-refractivity contribution is 6.53. The summed E-state index contributed by atoms with van der Waals surface area (Å²) in [4.78, 5) is 9.86. The monoisotopic (exact) mass is 198 g/mol. The van der Waals surface area contributed by atoms with Crippen LogP contribution in [-0.2, 0) is 4.79 Å². The summed E-state index contributed by atoms with van der Waals surface area (Å²) in [6.07, 6.45) is 0. The first-order chi connectivity index (χ1) is 5.11. The molecule has 1 N–H and O–H groups in total. The average Bonchev–Trinajstić information content (AvgIpc) is 1.99.